The Morgan fingerprint density at radius 3 is 2.73 bits per heavy atom. The summed E-state index contributed by atoms with van der Waals surface area (Å²) < 4.78 is 37.2. The number of nitrogens with one attached hydrogen (secondary N) is 1. The molecule has 1 saturated heterocycles. The summed E-state index contributed by atoms with van der Waals surface area (Å²) in [5.74, 6) is 0.609. The summed E-state index contributed by atoms with van der Waals surface area (Å²) in [6, 6.07) is 4.79. The Morgan fingerprint density at radius 2 is 2.18 bits per heavy atom. The van der Waals surface area contributed by atoms with Crippen LogP contribution < -0.4 is 9.46 Å². The van der Waals surface area contributed by atoms with Crippen molar-refractivity contribution in [3.8, 4) is 5.75 Å². The molecule has 1 atom stereocenters. The second-order valence-corrected chi connectivity index (χ2v) is 6.94. The number of ether oxygens (including phenoxy) is 2. The highest BCUT2D eigenvalue weighted by molar-refractivity contribution is 7.89. The van der Waals surface area contributed by atoms with Gasteiger partial charge in [-0.2, -0.15) is 0 Å². The van der Waals surface area contributed by atoms with Crippen LogP contribution in [0, 0.1) is 6.92 Å². The van der Waals surface area contributed by atoms with E-state index in [0.29, 0.717) is 24.3 Å². The molecule has 0 saturated carbocycles. The van der Waals surface area contributed by atoms with Gasteiger partial charge >= 0.3 is 6.09 Å². The average molecular weight is 328 g/mol. The van der Waals surface area contributed by atoms with E-state index in [0.717, 1.165) is 0 Å². The third kappa shape index (κ3) is 3.69. The number of nitrogens with zero attached hydrogens (tertiary/aromatic N) is 1. The van der Waals surface area contributed by atoms with Gasteiger partial charge in [-0.3, -0.25) is 0 Å². The summed E-state index contributed by atoms with van der Waals surface area (Å²) >= 11 is 0. The second-order valence-electron chi connectivity index (χ2n) is 5.20. The van der Waals surface area contributed by atoms with Crippen LogP contribution in [0.4, 0.5) is 4.79 Å². The second kappa shape index (κ2) is 6.53. The molecule has 0 aromatic heterocycles. The molecule has 1 heterocycles. The van der Waals surface area contributed by atoms with Gasteiger partial charge in [0.1, 0.15) is 11.9 Å². The zero-order valence-corrected chi connectivity index (χ0v) is 13.6. The maximum absolute atomic E-state index is 12.3. The highest BCUT2D eigenvalue weighted by atomic mass is 32.2. The summed E-state index contributed by atoms with van der Waals surface area (Å²) in [7, 11) is -0.419. The first-order chi connectivity index (χ1) is 10.3. The minimum Gasteiger partial charge on any atom is -0.497 e. The number of aryl methyl sites for hydroxylation is 1. The lowest BCUT2D eigenvalue weighted by Crippen LogP contribution is -2.29. The van der Waals surface area contributed by atoms with Crippen molar-refractivity contribution in [2.75, 3.05) is 27.2 Å². The molecular weight excluding hydrogens is 308 g/mol. The van der Waals surface area contributed by atoms with Crippen molar-refractivity contribution in [3.63, 3.8) is 0 Å². The van der Waals surface area contributed by atoms with Gasteiger partial charge in [-0.25, -0.2) is 17.9 Å². The minimum atomic E-state index is -3.59. The fourth-order valence-electron chi connectivity index (χ4n) is 2.28. The maximum atomic E-state index is 12.3. The summed E-state index contributed by atoms with van der Waals surface area (Å²) in [5, 5.41) is 0. The largest absolute Gasteiger partial charge is 0.497 e. The summed E-state index contributed by atoms with van der Waals surface area (Å²) in [4.78, 5) is 12.9. The van der Waals surface area contributed by atoms with E-state index >= 15 is 0 Å². The summed E-state index contributed by atoms with van der Waals surface area (Å²) in [5.41, 5.74) is 0.610. The van der Waals surface area contributed by atoms with Gasteiger partial charge in [-0.05, 0) is 37.1 Å². The topological polar surface area (TPSA) is 84.9 Å². The van der Waals surface area contributed by atoms with Crippen LogP contribution in [0.1, 0.15) is 12.0 Å². The Labute approximate surface area is 130 Å². The number of carbonyl (C=O) groups is 1. The van der Waals surface area contributed by atoms with E-state index in [1.165, 1.54) is 18.1 Å². The third-order valence-corrected chi connectivity index (χ3v) is 5.11. The number of benzene rings is 1. The van der Waals surface area contributed by atoms with Crippen LogP contribution in [0.3, 0.4) is 0 Å². The minimum absolute atomic E-state index is 0.208. The zero-order valence-electron chi connectivity index (χ0n) is 12.8. The molecule has 0 aliphatic carbocycles. The standard InChI is InChI=1S/C14H20N2O5S/c1-10-8-11(20-3)4-5-13(10)22(18,19)15-7-6-12-9-16(2)14(17)21-12/h4-5,8,12,15H,6-7,9H2,1-3H3. The quantitative estimate of drug-likeness (QED) is 0.846. The van der Waals surface area contributed by atoms with Crippen molar-refractivity contribution in [1.29, 1.82) is 0 Å². The number of rotatable bonds is 6. The van der Waals surface area contributed by atoms with E-state index in [9.17, 15) is 13.2 Å². The van der Waals surface area contributed by atoms with E-state index in [2.05, 4.69) is 4.72 Å². The van der Waals surface area contributed by atoms with Gasteiger partial charge in [0.25, 0.3) is 0 Å². The lowest BCUT2D eigenvalue weighted by molar-refractivity contribution is 0.131. The highest BCUT2D eigenvalue weighted by Crippen LogP contribution is 2.21. The Balaban J connectivity index is 1.95. The van der Waals surface area contributed by atoms with Crippen molar-refractivity contribution in [2.24, 2.45) is 0 Å². The fourth-order valence-corrected chi connectivity index (χ4v) is 3.55. The Kier molecular flexibility index (Phi) is 4.92. The third-order valence-electron chi connectivity index (χ3n) is 3.49. The molecule has 1 amide bonds. The zero-order chi connectivity index (χ0) is 16.3. The maximum Gasteiger partial charge on any atom is 0.409 e. The molecule has 0 spiro atoms. The van der Waals surface area contributed by atoms with Gasteiger partial charge in [0.05, 0.1) is 18.6 Å². The fraction of sp³-hybridized carbons (Fsp3) is 0.500. The van der Waals surface area contributed by atoms with E-state index < -0.39 is 10.0 Å². The first kappa shape index (κ1) is 16.6. The van der Waals surface area contributed by atoms with Gasteiger partial charge in [0.2, 0.25) is 10.0 Å². The lowest BCUT2D eigenvalue weighted by Gasteiger charge is -2.12. The van der Waals surface area contributed by atoms with Crippen molar-refractivity contribution in [2.45, 2.75) is 24.3 Å². The van der Waals surface area contributed by atoms with Crippen LogP contribution in [0.25, 0.3) is 0 Å². The number of hydrogen-bond donors (Lipinski definition) is 1. The van der Waals surface area contributed by atoms with Crippen LogP contribution in [0.5, 0.6) is 5.75 Å². The number of cyclic esters (lactones) is 1. The number of sulfonamides is 1. The van der Waals surface area contributed by atoms with Crippen LogP contribution in [-0.2, 0) is 14.8 Å². The molecule has 22 heavy (non-hydrogen) atoms. The Hall–Kier alpha value is -1.80. The van der Waals surface area contributed by atoms with E-state index in [1.54, 1.807) is 26.1 Å². The molecule has 122 valence electrons. The van der Waals surface area contributed by atoms with E-state index in [4.69, 9.17) is 9.47 Å². The summed E-state index contributed by atoms with van der Waals surface area (Å²) in [6.45, 7) is 2.40. The van der Waals surface area contributed by atoms with Crippen LogP contribution in [0.15, 0.2) is 23.1 Å². The normalized spacial score (nSPS) is 18.4. The van der Waals surface area contributed by atoms with Gasteiger partial charge < -0.3 is 14.4 Å². The molecule has 1 aromatic rings. The smallest absolute Gasteiger partial charge is 0.409 e. The molecule has 1 N–H and O–H groups in total. The predicted molar refractivity (Wildman–Crippen MR) is 80.4 cm³/mol. The Morgan fingerprint density at radius 1 is 1.45 bits per heavy atom. The molecule has 0 bridgehead atoms. The van der Waals surface area contributed by atoms with Crippen molar-refractivity contribution < 1.29 is 22.7 Å². The van der Waals surface area contributed by atoms with Crippen molar-refractivity contribution in [3.05, 3.63) is 23.8 Å². The van der Waals surface area contributed by atoms with Gasteiger partial charge in [-0.1, -0.05) is 0 Å². The number of hydrogen-bond acceptors (Lipinski definition) is 5. The van der Waals surface area contributed by atoms with Crippen LogP contribution in [0.2, 0.25) is 0 Å². The monoisotopic (exact) mass is 328 g/mol. The molecule has 0 radical (unpaired) electrons. The van der Waals surface area contributed by atoms with Crippen molar-refractivity contribution >= 4 is 16.1 Å². The van der Waals surface area contributed by atoms with Gasteiger partial charge in [-0.15, -0.1) is 0 Å². The first-order valence-corrected chi connectivity index (χ1v) is 8.38. The van der Waals surface area contributed by atoms with Crippen LogP contribution >= 0.6 is 0 Å². The number of amides is 1. The molecule has 1 aromatic carbocycles. The van der Waals surface area contributed by atoms with Gasteiger partial charge in [0, 0.05) is 13.6 Å². The average Bonchev–Trinajstić information content (AvgIpc) is 2.76. The Bertz CT molecular complexity index is 659. The molecule has 1 fully saturated rings. The van der Waals surface area contributed by atoms with Gasteiger partial charge in [0.15, 0.2) is 0 Å². The molecule has 1 unspecified atom stereocenters. The molecule has 7 nitrogen and oxygen atoms in total. The predicted octanol–water partition coefficient (Wildman–Crippen LogP) is 1.12. The number of carbonyl (C=O) groups excluding carboxylic acids is 1. The molecule has 1 aliphatic rings. The van der Waals surface area contributed by atoms with Crippen LogP contribution in [-0.4, -0.2) is 52.8 Å². The van der Waals surface area contributed by atoms with E-state index in [1.807, 2.05) is 0 Å². The molecule has 1 aliphatic heterocycles. The SMILES string of the molecule is COc1ccc(S(=O)(=O)NCCC2CN(C)C(=O)O2)c(C)c1. The molecular formula is C14H20N2O5S. The van der Waals surface area contributed by atoms with E-state index in [-0.39, 0.29) is 23.6 Å². The lowest BCUT2D eigenvalue weighted by atomic mass is 10.2. The molecule has 2 rings (SSSR count). The molecule has 8 heteroatoms. The number of likely N-dealkylation sites (N-methyl/N-ethyl adjacent to an activating group) is 1. The number of methoxy groups -OCH3 is 1. The highest BCUT2D eigenvalue weighted by Gasteiger charge is 2.28. The first-order valence-electron chi connectivity index (χ1n) is 6.89. The van der Waals surface area contributed by atoms with Crippen molar-refractivity contribution in [1.82, 2.24) is 9.62 Å². The summed E-state index contributed by atoms with van der Waals surface area (Å²) in [6.07, 6.45) is -0.221.